The summed E-state index contributed by atoms with van der Waals surface area (Å²) in [5.41, 5.74) is 1.81. The highest BCUT2D eigenvalue weighted by molar-refractivity contribution is 7.89. The van der Waals surface area contributed by atoms with Crippen LogP contribution in [-0.4, -0.2) is 56.7 Å². The second kappa shape index (κ2) is 10.1. The zero-order valence-electron chi connectivity index (χ0n) is 20.3. The van der Waals surface area contributed by atoms with E-state index in [4.69, 9.17) is 0 Å². The van der Waals surface area contributed by atoms with Crippen molar-refractivity contribution >= 4 is 27.2 Å². The number of hydrogen-bond acceptors (Lipinski definition) is 6. The third-order valence-electron chi connectivity index (χ3n) is 6.02. The lowest BCUT2D eigenvalue weighted by molar-refractivity contribution is -0.137. The standard InChI is InChI=1S/C24H25F3N6O3S/c1-15(2)37(35,36)32-10-8-17(9-11-32)21-6-5-19(13-28-21)31-23(34)20-14-30-33(16(20)3)22-7-4-18(12-29-22)24(25,26)27/h4-8,12-15H,9-11H2,1-3H3,(H,31,34). The van der Waals surface area contributed by atoms with Gasteiger partial charge in [0.2, 0.25) is 10.0 Å². The average molecular weight is 535 g/mol. The minimum atomic E-state index is -4.50. The van der Waals surface area contributed by atoms with Crippen molar-refractivity contribution in [2.45, 2.75) is 38.6 Å². The number of aromatic nitrogens is 4. The summed E-state index contributed by atoms with van der Waals surface area (Å²) in [6, 6.07) is 5.52. The second-order valence-electron chi connectivity index (χ2n) is 8.78. The summed E-state index contributed by atoms with van der Waals surface area (Å²) >= 11 is 0. The van der Waals surface area contributed by atoms with Crippen molar-refractivity contribution < 1.29 is 26.4 Å². The fourth-order valence-electron chi connectivity index (χ4n) is 3.81. The van der Waals surface area contributed by atoms with Crippen LogP contribution in [0.1, 0.15) is 47.6 Å². The first-order chi connectivity index (χ1) is 17.4. The van der Waals surface area contributed by atoms with Gasteiger partial charge in [-0.05, 0) is 57.0 Å². The molecular weight excluding hydrogens is 509 g/mol. The van der Waals surface area contributed by atoms with E-state index < -0.39 is 32.9 Å². The van der Waals surface area contributed by atoms with Crippen molar-refractivity contribution in [1.82, 2.24) is 24.1 Å². The van der Waals surface area contributed by atoms with E-state index in [1.807, 2.05) is 6.08 Å². The smallest absolute Gasteiger partial charge is 0.320 e. The first-order valence-corrected chi connectivity index (χ1v) is 12.9. The summed E-state index contributed by atoms with van der Waals surface area (Å²) in [7, 11) is -3.31. The van der Waals surface area contributed by atoms with E-state index in [1.54, 1.807) is 32.9 Å². The van der Waals surface area contributed by atoms with Crippen LogP contribution in [0.5, 0.6) is 0 Å². The number of carbonyl (C=O) groups is 1. The third-order valence-corrected chi connectivity index (χ3v) is 8.27. The molecule has 0 aromatic carbocycles. The molecule has 1 aliphatic rings. The van der Waals surface area contributed by atoms with Crippen LogP contribution in [0, 0.1) is 6.92 Å². The predicted molar refractivity (Wildman–Crippen MR) is 132 cm³/mol. The number of nitrogens with zero attached hydrogens (tertiary/aromatic N) is 5. The van der Waals surface area contributed by atoms with Crippen molar-refractivity contribution in [3.8, 4) is 5.82 Å². The number of rotatable bonds is 6. The van der Waals surface area contributed by atoms with E-state index in [2.05, 4.69) is 20.4 Å². The number of anilines is 1. The van der Waals surface area contributed by atoms with E-state index in [9.17, 15) is 26.4 Å². The molecule has 4 rings (SSSR count). The lowest BCUT2D eigenvalue weighted by Gasteiger charge is -2.27. The Morgan fingerprint density at radius 3 is 2.38 bits per heavy atom. The zero-order chi connectivity index (χ0) is 27.0. The summed E-state index contributed by atoms with van der Waals surface area (Å²) in [6.07, 6.45) is 1.41. The Morgan fingerprint density at radius 2 is 1.84 bits per heavy atom. The molecule has 0 atom stereocenters. The summed E-state index contributed by atoms with van der Waals surface area (Å²) in [5.74, 6) is -0.312. The maximum Gasteiger partial charge on any atom is 0.417 e. The van der Waals surface area contributed by atoms with Gasteiger partial charge in [-0.2, -0.15) is 22.6 Å². The third kappa shape index (κ3) is 5.57. The number of hydrogen-bond donors (Lipinski definition) is 1. The Hall–Kier alpha value is -3.58. The van der Waals surface area contributed by atoms with Crippen molar-refractivity contribution in [1.29, 1.82) is 0 Å². The summed E-state index contributed by atoms with van der Waals surface area (Å²) in [6.45, 7) is 5.58. The van der Waals surface area contributed by atoms with Crippen LogP contribution in [0.4, 0.5) is 18.9 Å². The molecule has 0 unspecified atom stereocenters. The van der Waals surface area contributed by atoms with Gasteiger partial charge in [-0.1, -0.05) is 6.08 Å². The average Bonchev–Trinajstić information content (AvgIpc) is 3.25. The largest absolute Gasteiger partial charge is 0.417 e. The van der Waals surface area contributed by atoms with Gasteiger partial charge in [0.15, 0.2) is 5.82 Å². The predicted octanol–water partition coefficient (Wildman–Crippen LogP) is 4.07. The van der Waals surface area contributed by atoms with Crippen LogP contribution in [0.25, 0.3) is 11.4 Å². The van der Waals surface area contributed by atoms with E-state index in [0.717, 1.165) is 11.6 Å². The Bertz CT molecular complexity index is 1430. The molecule has 13 heteroatoms. The van der Waals surface area contributed by atoms with Crippen molar-refractivity contribution in [3.63, 3.8) is 0 Å². The topological polar surface area (TPSA) is 110 Å². The molecule has 1 N–H and O–H groups in total. The molecule has 9 nitrogen and oxygen atoms in total. The van der Waals surface area contributed by atoms with Gasteiger partial charge < -0.3 is 5.32 Å². The van der Waals surface area contributed by atoms with E-state index in [1.165, 1.54) is 27.4 Å². The van der Waals surface area contributed by atoms with Gasteiger partial charge in [-0.15, -0.1) is 0 Å². The number of pyridine rings is 2. The molecule has 3 aromatic heterocycles. The minimum Gasteiger partial charge on any atom is -0.320 e. The molecule has 0 aliphatic carbocycles. The Labute approximate surface area is 212 Å². The molecule has 0 bridgehead atoms. The van der Waals surface area contributed by atoms with Crippen molar-refractivity contribution in [2.24, 2.45) is 0 Å². The quantitative estimate of drug-likeness (QED) is 0.511. The van der Waals surface area contributed by atoms with Crippen molar-refractivity contribution in [3.05, 3.63) is 71.4 Å². The Morgan fingerprint density at radius 1 is 1.08 bits per heavy atom. The van der Waals surface area contributed by atoms with Gasteiger partial charge in [-0.25, -0.2) is 18.1 Å². The van der Waals surface area contributed by atoms with Gasteiger partial charge in [0.1, 0.15) is 0 Å². The molecule has 1 amide bonds. The molecule has 0 radical (unpaired) electrons. The van der Waals surface area contributed by atoms with Crippen LogP contribution >= 0.6 is 0 Å². The van der Waals surface area contributed by atoms with E-state index in [-0.39, 0.29) is 17.9 Å². The van der Waals surface area contributed by atoms with Gasteiger partial charge in [0.25, 0.3) is 5.91 Å². The molecule has 1 aliphatic heterocycles. The van der Waals surface area contributed by atoms with Crippen LogP contribution in [-0.2, 0) is 16.2 Å². The first kappa shape index (κ1) is 26.5. The number of carbonyl (C=O) groups excluding carboxylic acids is 1. The summed E-state index contributed by atoms with van der Waals surface area (Å²) < 4.78 is 65.8. The molecule has 0 spiro atoms. The SMILES string of the molecule is Cc1c(C(=O)Nc2ccc(C3=CCN(S(=O)(=O)C(C)C)CC3)nc2)cnn1-c1ccc(C(F)(F)F)cn1. The maximum absolute atomic E-state index is 12.8. The van der Waals surface area contributed by atoms with Gasteiger partial charge in [-0.3, -0.25) is 9.78 Å². The Balaban J connectivity index is 1.43. The molecule has 0 saturated carbocycles. The number of halogens is 3. The first-order valence-electron chi connectivity index (χ1n) is 11.4. The highest BCUT2D eigenvalue weighted by Gasteiger charge is 2.31. The summed E-state index contributed by atoms with van der Waals surface area (Å²) in [4.78, 5) is 21.0. The van der Waals surface area contributed by atoms with Crippen LogP contribution in [0.15, 0.2) is 48.9 Å². The fourth-order valence-corrected chi connectivity index (χ4v) is 5.04. The number of sulfonamides is 1. The van der Waals surface area contributed by atoms with Gasteiger partial charge in [0.05, 0.1) is 45.8 Å². The lowest BCUT2D eigenvalue weighted by atomic mass is 10.1. The highest BCUT2D eigenvalue weighted by Crippen LogP contribution is 2.29. The van der Waals surface area contributed by atoms with E-state index >= 15 is 0 Å². The number of nitrogens with one attached hydrogen (secondary N) is 1. The highest BCUT2D eigenvalue weighted by atomic mass is 32.2. The number of alkyl halides is 3. The maximum atomic E-state index is 12.8. The van der Waals surface area contributed by atoms with Crippen LogP contribution in [0.3, 0.4) is 0 Å². The molecule has 4 heterocycles. The summed E-state index contributed by atoms with van der Waals surface area (Å²) in [5, 5.41) is 6.34. The van der Waals surface area contributed by atoms with E-state index in [0.29, 0.717) is 36.2 Å². The lowest BCUT2D eigenvalue weighted by Crippen LogP contribution is -2.39. The van der Waals surface area contributed by atoms with Gasteiger partial charge >= 0.3 is 6.18 Å². The minimum absolute atomic E-state index is 0.149. The molecule has 3 aromatic rings. The monoisotopic (exact) mass is 534 g/mol. The molecule has 0 saturated heterocycles. The second-order valence-corrected chi connectivity index (χ2v) is 11.3. The number of amides is 1. The molecule has 0 fully saturated rings. The zero-order valence-corrected chi connectivity index (χ0v) is 21.1. The van der Waals surface area contributed by atoms with Crippen LogP contribution in [0.2, 0.25) is 0 Å². The Kier molecular flexibility index (Phi) is 7.20. The van der Waals surface area contributed by atoms with Crippen molar-refractivity contribution in [2.75, 3.05) is 18.4 Å². The molecule has 37 heavy (non-hydrogen) atoms. The normalized spacial score (nSPS) is 15.1. The molecular formula is C24H25F3N6O3S. The van der Waals surface area contributed by atoms with Gasteiger partial charge in [0, 0.05) is 19.3 Å². The molecule has 196 valence electrons. The van der Waals surface area contributed by atoms with Crippen LogP contribution < -0.4 is 5.32 Å². The fraction of sp³-hybridized carbons (Fsp3) is 0.333.